The van der Waals surface area contributed by atoms with Gasteiger partial charge in [-0.3, -0.25) is 9.59 Å². The quantitative estimate of drug-likeness (QED) is 0.561. The van der Waals surface area contributed by atoms with E-state index in [1.807, 2.05) is 0 Å². The van der Waals surface area contributed by atoms with Crippen molar-refractivity contribution in [2.24, 2.45) is 0 Å². The summed E-state index contributed by atoms with van der Waals surface area (Å²) in [6.45, 7) is 0. The summed E-state index contributed by atoms with van der Waals surface area (Å²) in [5.74, 6) is -2.30. The maximum Gasteiger partial charge on any atom is 0.314 e. The highest BCUT2D eigenvalue weighted by atomic mass is 35.5. The first kappa shape index (κ1) is 11.1. The number of ether oxygens (including phenoxy) is 1. The van der Waals surface area contributed by atoms with Crippen LogP contribution in [0.25, 0.3) is 0 Å². The van der Waals surface area contributed by atoms with Gasteiger partial charge in [0.15, 0.2) is 0 Å². The normalized spacial score (nSPS) is 17.4. The maximum absolute atomic E-state index is 13.6. The fourth-order valence-corrected chi connectivity index (χ4v) is 1.92. The number of carbonyl (C=O) groups is 2. The molecule has 3 nitrogen and oxygen atoms in total. The minimum Gasteiger partial charge on any atom is -0.393 e. The van der Waals surface area contributed by atoms with E-state index in [4.69, 9.17) is 11.6 Å². The summed E-state index contributed by atoms with van der Waals surface area (Å²) in [7, 11) is 0. The fourth-order valence-electron chi connectivity index (χ4n) is 1.74. The van der Waals surface area contributed by atoms with E-state index in [0.717, 1.165) is 0 Å². The lowest BCUT2D eigenvalue weighted by Gasteiger charge is -2.20. The average Bonchev–Trinajstić information content (AvgIpc) is 2.20. The second-order valence-electron chi connectivity index (χ2n) is 3.59. The molecule has 0 aromatic heterocycles. The Balaban J connectivity index is 2.33. The molecule has 5 heteroatoms. The molecular formula is C11H8ClFO3. The molecule has 1 saturated heterocycles. The maximum atomic E-state index is 13.6. The van der Waals surface area contributed by atoms with Gasteiger partial charge in [0.05, 0.1) is 17.9 Å². The van der Waals surface area contributed by atoms with Crippen molar-refractivity contribution in [2.75, 3.05) is 0 Å². The van der Waals surface area contributed by atoms with E-state index in [2.05, 4.69) is 4.74 Å². The highest BCUT2D eigenvalue weighted by molar-refractivity contribution is 6.30. The van der Waals surface area contributed by atoms with Crippen molar-refractivity contribution in [3.63, 3.8) is 0 Å². The van der Waals surface area contributed by atoms with Crippen molar-refractivity contribution in [1.82, 2.24) is 0 Å². The second-order valence-corrected chi connectivity index (χ2v) is 4.00. The fraction of sp³-hybridized carbons (Fsp3) is 0.273. The van der Waals surface area contributed by atoms with Crippen LogP contribution in [-0.4, -0.2) is 11.9 Å². The van der Waals surface area contributed by atoms with Gasteiger partial charge in [-0.2, -0.15) is 0 Å². The van der Waals surface area contributed by atoms with Crippen LogP contribution in [0, 0.1) is 5.82 Å². The van der Waals surface area contributed by atoms with Gasteiger partial charge < -0.3 is 4.74 Å². The van der Waals surface area contributed by atoms with Gasteiger partial charge >= 0.3 is 11.9 Å². The van der Waals surface area contributed by atoms with E-state index >= 15 is 0 Å². The van der Waals surface area contributed by atoms with E-state index in [0.29, 0.717) is 0 Å². The highest BCUT2D eigenvalue weighted by Gasteiger charge is 2.30. The number of esters is 2. The number of hydrogen-bond donors (Lipinski definition) is 0. The van der Waals surface area contributed by atoms with E-state index in [1.54, 1.807) is 6.07 Å². The number of cyclic esters (lactones) is 2. The molecule has 1 aliphatic heterocycles. The van der Waals surface area contributed by atoms with Crippen LogP contribution in [0.4, 0.5) is 4.39 Å². The topological polar surface area (TPSA) is 43.4 Å². The summed E-state index contributed by atoms with van der Waals surface area (Å²) < 4.78 is 18.0. The van der Waals surface area contributed by atoms with Crippen LogP contribution in [-0.2, 0) is 14.3 Å². The van der Waals surface area contributed by atoms with Crippen LogP contribution in [0.2, 0.25) is 5.02 Å². The molecular weight excluding hydrogens is 235 g/mol. The predicted molar refractivity (Wildman–Crippen MR) is 54.5 cm³/mol. The molecule has 0 saturated carbocycles. The first-order valence-corrected chi connectivity index (χ1v) is 5.13. The van der Waals surface area contributed by atoms with Gasteiger partial charge in [-0.05, 0) is 11.6 Å². The first-order valence-electron chi connectivity index (χ1n) is 4.75. The molecule has 0 unspecified atom stereocenters. The van der Waals surface area contributed by atoms with Crippen LogP contribution >= 0.6 is 11.6 Å². The minimum absolute atomic E-state index is 0.00298. The molecule has 0 aliphatic carbocycles. The molecule has 16 heavy (non-hydrogen) atoms. The average molecular weight is 243 g/mol. The number of carbonyl (C=O) groups excluding carboxylic acids is 2. The molecule has 1 aliphatic rings. The Bertz CT molecular complexity index is 443. The zero-order valence-corrected chi connectivity index (χ0v) is 8.96. The van der Waals surface area contributed by atoms with Crippen molar-refractivity contribution in [3.05, 3.63) is 34.6 Å². The van der Waals surface area contributed by atoms with Gasteiger partial charge in [-0.1, -0.05) is 23.7 Å². The van der Waals surface area contributed by atoms with Crippen molar-refractivity contribution in [2.45, 2.75) is 18.8 Å². The first-order chi connectivity index (χ1) is 7.58. The van der Waals surface area contributed by atoms with Gasteiger partial charge in [0.2, 0.25) is 0 Å². The van der Waals surface area contributed by atoms with Crippen molar-refractivity contribution < 1.29 is 18.7 Å². The van der Waals surface area contributed by atoms with Crippen LogP contribution in [0.15, 0.2) is 18.2 Å². The second kappa shape index (κ2) is 4.22. The Morgan fingerprint density at radius 2 is 1.88 bits per heavy atom. The molecule has 0 spiro atoms. The molecule has 0 radical (unpaired) electrons. The van der Waals surface area contributed by atoms with Gasteiger partial charge in [0.25, 0.3) is 0 Å². The zero-order valence-electron chi connectivity index (χ0n) is 8.20. The monoisotopic (exact) mass is 242 g/mol. The van der Waals surface area contributed by atoms with E-state index < -0.39 is 23.7 Å². The van der Waals surface area contributed by atoms with Crippen molar-refractivity contribution in [3.8, 4) is 0 Å². The molecule has 0 N–H and O–H groups in total. The molecule has 0 amide bonds. The van der Waals surface area contributed by atoms with Crippen LogP contribution in [0.1, 0.15) is 24.3 Å². The minimum atomic E-state index is -0.624. The third-order valence-corrected chi connectivity index (χ3v) is 2.77. The molecule has 84 valence electrons. The summed E-state index contributed by atoms with van der Waals surface area (Å²) in [6, 6.07) is 4.53. The van der Waals surface area contributed by atoms with Gasteiger partial charge in [0.1, 0.15) is 5.82 Å². The van der Waals surface area contributed by atoms with Crippen LogP contribution in [0.5, 0.6) is 0 Å². The number of benzene rings is 1. The Hall–Kier alpha value is -1.42. The number of rotatable bonds is 1. The van der Waals surface area contributed by atoms with E-state index in [1.165, 1.54) is 12.1 Å². The number of hydrogen-bond acceptors (Lipinski definition) is 3. The molecule has 1 fully saturated rings. The lowest BCUT2D eigenvalue weighted by molar-refractivity contribution is -0.163. The zero-order chi connectivity index (χ0) is 11.7. The van der Waals surface area contributed by atoms with Gasteiger partial charge in [-0.25, -0.2) is 4.39 Å². The smallest absolute Gasteiger partial charge is 0.314 e. The Morgan fingerprint density at radius 3 is 2.50 bits per heavy atom. The number of halogens is 2. The largest absolute Gasteiger partial charge is 0.393 e. The Morgan fingerprint density at radius 1 is 1.25 bits per heavy atom. The standard InChI is InChI=1S/C11H8ClFO3/c12-8-3-1-2-7(11(8)13)6-4-9(14)16-10(15)5-6/h1-3,6H,4-5H2. The Kier molecular flexibility index (Phi) is 2.92. The summed E-state index contributed by atoms with van der Waals surface area (Å²) in [5.41, 5.74) is 0.289. The van der Waals surface area contributed by atoms with Crippen molar-refractivity contribution >= 4 is 23.5 Å². The molecule has 1 aromatic rings. The Labute approximate surface area is 96.2 Å². The van der Waals surface area contributed by atoms with Crippen molar-refractivity contribution in [1.29, 1.82) is 0 Å². The molecule has 0 bridgehead atoms. The van der Waals surface area contributed by atoms with E-state index in [9.17, 15) is 14.0 Å². The van der Waals surface area contributed by atoms with Crippen LogP contribution < -0.4 is 0 Å². The predicted octanol–water partition coefficient (Wildman–Crippen LogP) is 2.43. The molecule has 2 rings (SSSR count). The van der Waals surface area contributed by atoms with E-state index in [-0.39, 0.29) is 23.4 Å². The summed E-state index contributed by atoms with van der Waals surface area (Å²) in [6.07, 6.45) is 0.00596. The summed E-state index contributed by atoms with van der Waals surface area (Å²) >= 11 is 5.63. The molecule has 1 aromatic carbocycles. The third-order valence-electron chi connectivity index (χ3n) is 2.48. The lowest BCUT2D eigenvalue weighted by Crippen LogP contribution is -2.24. The van der Waals surface area contributed by atoms with Crippen LogP contribution in [0.3, 0.4) is 0 Å². The van der Waals surface area contributed by atoms with Gasteiger partial charge in [0, 0.05) is 5.92 Å². The summed E-state index contributed by atoms with van der Waals surface area (Å²) in [5, 5.41) is -0.0103. The highest BCUT2D eigenvalue weighted by Crippen LogP contribution is 2.32. The van der Waals surface area contributed by atoms with Gasteiger partial charge in [-0.15, -0.1) is 0 Å². The summed E-state index contributed by atoms with van der Waals surface area (Å²) in [4.78, 5) is 22.1. The molecule has 0 atom stereocenters. The SMILES string of the molecule is O=C1CC(c2cccc(Cl)c2F)CC(=O)O1. The molecule has 1 heterocycles. The lowest BCUT2D eigenvalue weighted by atomic mass is 9.91. The third kappa shape index (κ3) is 2.07.